The summed E-state index contributed by atoms with van der Waals surface area (Å²) in [4.78, 5) is 0. The van der Waals surface area contributed by atoms with Crippen molar-refractivity contribution in [1.29, 1.82) is 0 Å². The molecule has 0 spiro atoms. The molecule has 1 aliphatic carbocycles. The Hall–Kier alpha value is -1.02. The van der Waals surface area contributed by atoms with Crippen LogP contribution in [0.2, 0.25) is 0 Å². The predicted octanol–water partition coefficient (Wildman–Crippen LogP) is 2.79. The third-order valence-electron chi connectivity index (χ3n) is 4.12. The van der Waals surface area contributed by atoms with Gasteiger partial charge in [0.2, 0.25) is 0 Å². The summed E-state index contributed by atoms with van der Waals surface area (Å²) < 4.78 is 0. The second-order valence-corrected chi connectivity index (χ2v) is 5.63. The Morgan fingerprint density at radius 1 is 1.41 bits per heavy atom. The minimum atomic E-state index is 0.939. The molecule has 17 heavy (non-hydrogen) atoms. The van der Waals surface area contributed by atoms with Crippen molar-refractivity contribution in [2.45, 2.75) is 32.7 Å². The zero-order valence-electron chi connectivity index (χ0n) is 10.6. The smallest absolute Gasteiger partial charge is 0.0372 e. The fourth-order valence-corrected chi connectivity index (χ4v) is 2.72. The summed E-state index contributed by atoms with van der Waals surface area (Å²) in [6.07, 6.45) is 3.92. The van der Waals surface area contributed by atoms with Gasteiger partial charge in [-0.2, -0.15) is 0 Å². The van der Waals surface area contributed by atoms with E-state index in [1.807, 2.05) is 0 Å². The molecule has 2 atom stereocenters. The zero-order valence-corrected chi connectivity index (χ0v) is 10.6. The molecule has 3 rings (SSSR count). The first-order chi connectivity index (χ1) is 8.33. The second-order valence-electron chi connectivity index (χ2n) is 5.63. The fraction of sp³-hybridized carbons (Fsp3) is 0.600. The van der Waals surface area contributed by atoms with E-state index in [0.29, 0.717) is 0 Å². The lowest BCUT2D eigenvalue weighted by Crippen LogP contribution is -2.17. The van der Waals surface area contributed by atoms with Gasteiger partial charge in [0.05, 0.1) is 0 Å². The Labute approximate surface area is 104 Å². The monoisotopic (exact) mass is 230 g/mol. The average Bonchev–Trinajstić information content (AvgIpc) is 3.05. The highest BCUT2D eigenvalue weighted by molar-refractivity contribution is 5.54. The van der Waals surface area contributed by atoms with E-state index in [1.54, 1.807) is 0 Å². The van der Waals surface area contributed by atoms with E-state index in [-0.39, 0.29) is 0 Å². The van der Waals surface area contributed by atoms with Gasteiger partial charge in [-0.25, -0.2) is 0 Å². The molecule has 1 aromatic carbocycles. The van der Waals surface area contributed by atoms with Crippen molar-refractivity contribution in [2.24, 2.45) is 11.8 Å². The van der Waals surface area contributed by atoms with Gasteiger partial charge in [0.1, 0.15) is 0 Å². The molecule has 1 saturated carbocycles. The van der Waals surface area contributed by atoms with Crippen LogP contribution in [0.4, 0.5) is 5.69 Å². The lowest BCUT2D eigenvalue weighted by molar-refractivity contribution is 0.611. The maximum atomic E-state index is 3.58. The van der Waals surface area contributed by atoms with Crippen LogP contribution in [-0.2, 0) is 13.0 Å². The summed E-state index contributed by atoms with van der Waals surface area (Å²) in [6.45, 7) is 5.69. The molecule has 92 valence electrons. The van der Waals surface area contributed by atoms with Crippen molar-refractivity contribution in [3.8, 4) is 0 Å². The molecule has 1 aliphatic heterocycles. The number of nitrogens with one attached hydrogen (secondary N) is 2. The van der Waals surface area contributed by atoms with Gasteiger partial charge < -0.3 is 10.6 Å². The van der Waals surface area contributed by atoms with Crippen LogP contribution >= 0.6 is 0 Å². The predicted molar refractivity (Wildman–Crippen MR) is 72.2 cm³/mol. The first-order valence-corrected chi connectivity index (χ1v) is 6.89. The Balaban J connectivity index is 1.55. The zero-order chi connectivity index (χ0) is 11.7. The molecule has 1 heterocycles. The molecule has 2 heteroatoms. The van der Waals surface area contributed by atoms with Crippen LogP contribution in [0.3, 0.4) is 0 Å². The van der Waals surface area contributed by atoms with E-state index >= 15 is 0 Å². The first kappa shape index (κ1) is 11.1. The van der Waals surface area contributed by atoms with Gasteiger partial charge in [-0.05, 0) is 54.8 Å². The van der Waals surface area contributed by atoms with Gasteiger partial charge in [-0.3, -0.25) is 0 Å². The highest BCUT2D eigenvalue weighted by atomic mass is 14.9. The molecule has 1 fully saturated rings. The van der Waals surface area contributed by atoms with Gasteiger partial charge in [-0.1, -0.05) is 19.1 Å². The molecule has 2 aliphatic rings. The van der Waals surface area contributed by atoms with E-state index in [2.05, 4.69) is 35.8 Å². The van der Waals surface area contributed by atoms with Gasteiger partial charge in [-0.15, -0.1) is 0 Å². The largest absolute Gasteiger partial charge is 0.385 e. The van der Waals surface area contributed by atoms with E-state index in [0.717, 1.165) is 24.9 Å². The number of hydrogen-bond acceptors (Lipinski definition) is 2. The van der Waals surface area contributed by atoms with Crippen molar-refractivity contribution < 1.29 is 0 Å². The molecular weight excluding hydrogens is 208 g/mol. The minimum absolute atomic E-state index is 0.939. The van der Waals surface area contributed by atoms with Crippen LogP contribution in [0, 0.1) is 11.8 Å². The highest BCUT2D eigenvalue weighted by Gasteiger charge is 2.31. The summed E-state index contributed by atoms with van der Waals surface area (Å²) >= 11 is 0. The topological polar surface area (TPSA) is 24.1 Å². The maximum Gasteiger partial charge on any atom is 0.0372 e. The minimum Gasteiger partial charge on any atom is -0.385 e. The summed E-state index contributed by atoms with van der Waals surface area (Å²) in [5, 5.41) is 7.04. The van der Waals surface area contributed by atoms with Crippen molar-refractivity contribution in [3.63, 3.8) is 0 Å². The van der Waals surface area contributed by atoms with Gasteiger partial charge in [0.15, 0.2) is 0 Å². The van der Waals surface area contributed by atoms with Gasteiger partial charge in [0.25, 0.3) is 0 Å². The highest BCUT2D eigenvalue weighted by Crippen LogP contribution is 2.36. The molecule has 1 aromatic rings. The number of anilines is 1. The molecule has 0 aromatic heterocycles. The Morgan fingerprint density at radius 3 is 3.12 bits per heavy atom. The molecule has 0 amide bonds. The SMILES string of the molecule is CC1CC1CNCc1ccc2c(c1)CCCN2. The van der Waals surface area contributed by atoms with Crippen LogP contribution in [0.5, 0.6) is 0 Å². The molecule has 0 radical (unpaired) electrons. The van der Waals surface area contributed by atoms with Gasteiger partial charge >= 0.3 is 0 Å². The molecule has 2 N–H and O–H groups in total. The second kappa shape index (κ2) is 4.69. The standard InChI is InChI=1S/C15H22N2/c1-11-7-14(11)10-16-9-12-4-5-15-13(8-12)3-2-6-17-15/h4-5,8,11,14,16-17H,2-3,6-7,9-10H2,1H3. The number of aryl methyl sites for hydroxylation is 1. The van der Waals surface area contributed by atoms with Crippen molar-refractivity contribution in [3.05, 3.63) is 29.3 Å². The van der Waals surface area contributed by atoms with Crippen molar-refractivity contribution >= 4 is 5.69 Å². The normalized spacial score (nSPS) is 26.2. The fourth-order valence-electron chi connectivity index (χ4n) is 2.72. The maximum absolute atomic E-state index is 3.58. The average molecular weight is 230 g/mol. The Kier molecular flexibility index (Phi) is 3.06. The Morgan fingerprint density at radius 2 is 2.29 bits per heavy atom. The van der Waals surface area contributed by atoms with Crippen LogP contribution in [0.1, 0.15) is 30.9 Å². The van der Waals surface area contributed by atoms with E-state index in [4.69, 9.17) is 0 Å². The van der Waals surface area contributed by atoms with Gasteiger partial charge in [0, 0.05) is 18.8 Å². The molecular formula is C15H22N2. The first-order valence-electron chi connectivity index (χ1n) is 6.89. The lowest BCUT2D eigenvalue weighted by atomic mass is 10.0. The third-order valence-corrected chi connectivity index (χ3v) is 4.12. The number of benzene rings is 1. The van der Waals surface area contributed by atoms with Crippen LogP contribution < -0.4 is 10.6 Å². The van der Waals surface area contributed by atoms with Crippen LogP contribution in [0.15, 0.2) is 18.2 Å². The quantitative estimate of drug-likeness (QED) is 0.831. The summed E-state index contributed by atoms with van der Waals surface area (Å²) in [6, 6.07) is 6.86. The summed E-state index contributed by atoms with van der Waals surface area (Å²) in [5.74, 6) is 1.89. The molecule has 2 unspecified atom stereocenters. The molecule has 2 nitrogen and oxygen atoms in total. The third kappa shape index (κ3) is 2.63. The van der Waals surface area contributed by atoms with Crippen molar-refractivity contribution in [2.75, 3.05) is 18.4 Å². The molecule has 0 saturated heterocycles. The van der Waals surface area contributed by atoms with Crippen molar-refractivity contribution in [1.82, 2.24) is 5.32 Å². The number of hydrogen-bond donors (Lipinski definition) is 2. The van der Waals surface area contributed by atoms with E-state index < -0.39 is 0 Å². The number of rotatable bonds is 4. The van der Waals surface area contributed by atoms with Crippen LogP contribution in [0.25, 0.3) is 0 Å². The van der Waals surface area contributed by atoms with Crippen LogP contribution in [-0.4, -0.2) is 13.1 Å². The summed E-state index contributed by atoms with van der Waals surface area (Å²) in [5.41, 5.74) is 4.27. The summed E-state index contributed by atoms with van der Waals surface area (Å²) in [7, 11) is 0. The number of fused-ring (bicyclic) bond motifs is 1. The lowest BCUT2D eigenvalue weighted by Gasteiger charge is -2.18. The van der Waals surface area contributed by atoms with E-state index in [9.17, 15) is 0 Å². The molecule has 0 bridgehead atoms. The van der Waals surface area contributed by atoms with E-state index in [1.165, 1.54) is 42.6 Å². The Bertz CT molecular complexity index is 400.